The molecule has 4 nitrogen and oxygen atoms in total. The highest BCUT2D eigenvalue weighted by Gasteiger charge is 2.36. The molecule has 3 aliphatic heterocycles. The van der Waals surface area contributed by atoms with Crippen molar-refractivity contribution >= 4 is 104 Å². The average Bonchev–Trinajstić information content (AvgIpc) is 3.57. The van der Waals surface area contributed by atoms with Crippen LogP contribution in [-0.2, 0) is 9.59 Å². The van der Waals surface area contributed by atoms with Gasteiger partial charge in [0.2, 0.25) is 0 Å². The van der Waals surface area contributed by atoms with Gasteiger partial charge in [-0.25, -0.2) is 0 Å². The van der Waals surface area contributed by atoms with Crippen molar-refractivity contribution in [1.29, 1.82) is 0 Å². The molecule has 10 heteroatoms. The number of nitrogens with one attached hydrogen (secondary N) is 1. The largest absolute Gasteiger partial charge is 0.376 e. The van der Waals surface area contributed by atoms with Crippen LogP contribution < -0.4 is 5.32 Å². The van der Waals surface area contributed by atoms with Crippen LogP contribution in [-0.4, -0.2) is 61.4 Å². The summed E-state index contributed by atoms with van der Waals surface area (Å²) in [5, 5.41) is 5.20. The second kappa shape index (κ2) is 16.0. The van der Waals surface area contributed by atoms with Gasteiger partial charge in [-0.3, -0.25) is 9.59 Å². The maximum Gasteiger partial charge on any atom is 0.132 e. The van der Waals surface area contributed by atoms with Crippen LogP contribution in [0, 0.1) is 22.7 Å². The Labute approximate surface area is 277 Å². The van der Waals surface area contributed by atoms with Gasteiger partial charge in [0.25, 0.3) is 0 Å². The fraction of sp³-hybridized carbons (Fsp3) is 0.677. The monoisotopic (exact) mass is 668 g/mol. The molecule has 2 atom stereocenters. The van der Waals surface area contributed by atoms with Gasteiger partial charge in [-0.1, -0.05) is 76.6 Å². The zero-order valence-electron chi connectivity index (χ0n) is 24.8. The van der Waals surface area contributed by atoms with Gasteiger partial charge in [-0.2, -0.15) is 0 Å². The summed E-state index contributed by atoms with van der Waals surface area (Å²) in [6, 6.07) is 0. The Morgan fingerprint density at radius 3 is 2.29 bits per heavy atom. The summed E-state index contributed by atoms with van der Waals surface area (Å²) in [5.41, 5.74) is -0.143. The highest BCUT2D eigenvalue weighted by atomic mass is 32.2. The minimum absolute atomic E-state index is 0.0566. The number of allylic oxidation sites excluding steroid dienone is 1. The van der Waals surface area contributed by atoms with Gasteiger partial charge in [0, 0.05) is 50.6 Å². The number of Topliss-reactive ketones (excluding diaryl/α,β-unsaturated/α-hetero) is 2. The van der Waals surface area contributed by atoms with Crippen LogP contribution in [0.5, 0.6) is 0 Å². The Bertz CT molecular complexity index is 1110. The van der Waals surface area contributed by atoms with E-state index in [2.05, 4.69) is 44.0 Å². The first kappa shape index (κ1) is 35.0. The Balaban J connectivity index is 1.31. The van der Waals surface area contributed by atoms with Crippen LogP contribution in [0.1, 0.15) is 85.5 Å². The molecule has 3 rings (SSSR count). The number of hydrogen-bond acceptors (Lipinski definition) is 8. The number of carbonyl (C=O) groups excluding carboxylic acids is 2. The molecule has 0 aromatic carbocycles. The molecular weight excluding hydrogens is 625 g/mol. The lowest BCUT2D eigenvalue weighted by Gasteiger charge is -2.38. The quantitative estimate of drug-likeness (QED) is 0.129. The number of carbonyl (C=O) groups is 2. The SMILES string of the molecule is CC(C)(CCC(=O)CCCC(=O)CCC(C)(C)CN1C(=S)C=C2SCCC2C1=S)CNC(=S)/C=C1/SCCC1C=S. The van der Waals surface area contributed by atoms with E-state index >= 15 is 0 Å². The van der Waals surface area contributed by atoms with Crippen molar-refractivity contribution in [3.05, 3.63) is 22.0 Å². The van der Waals surface area contributed by atoms with Gasteiger partial charge >= 0.3 is 0 Å². The zero-order chi connectivity index (χ0) is 30.2. The van der Waals surface area contributed by atoms with E-state index in [9.17, 15) is 9.59 Å². The molecule has 0 spiro atoms. The first-order valence-electron chi connectivity index (χ1n) is 14.6. The van der Waals surface area contributed by atoms with Crippen molar-refractivity contribution in [2.75, 3.05) is 24.6 Å². The molecule has 0 bridgehead atoms. The first-order chi connectivity index (χ1) is 19.3. The lowest BCUT2D eigenvalue weighted by Crippen LogP contribution is -2.45. The molecular formula is C31H44N2O2S6. The zero-order valence-corrected chi connectivity index (χ0v) is 29.7. The lowest BCUT2D eigenvalue weighted by molar-refractivity contribution is -0.121. The van der Waals surface area contributed by atoms with Gasteiger partial charge in [0.1, 0.15) is 16.6 Å². The summed E-state index contributed by atoms with van der Waals surface area (Å²) in [4.78, 5) is 32.4. The normalized spacial score (nSPS) is 22.1. The van der Waals surface area contributed by atoms with E-state index in [-0.39, 0.29) is 22.4 Å². The van der Waals surface area contributed by atoms with Gasteiger partial charge in [0.15, 0.2) is 0 Å². The molecule has 2 unspecified atom stereocenters. The maximum atomic E-state index is 12.6. The highest BCUT2D eigenvalue weighted by Crippen LogP contribution is 2.41. The van der Waals surface area contributed by atoms with Crippen LogP contribution >= 0.6 is 72.4 Å². The number of nitrogens with zero attached hydrogens (tertiary/aromatic N) is 1. The van der Waals surface area contributed by atoms with E-state index in [0.29, 0.717) is 50.5 Å². The second-order valence-electron chi connectivity index (χ2n) is 12.9. The summed E-state index contributed by atoms with van der Waals surface area (Å²) in [6.07, 6.45) is 10.5. The summed E-state index contributed by atoms with van der Waals surface area (Å²) in [6.45, 7) is 10.1. The molecule has 0 aromatic heterocycles. The standard InChI is InChI=1S/C31H44N2O2S6/c1-30(2,19-32-27(37)16-25-21(18-36)10-14-40-25)12-8-22(34)6-5-7-23(35)9-13-31(3,4)20-33-28(38)17-26-24(29(33)39)11-15-41-26/h16-18,21,24H,5-15,19-20H2,1-4H3,(H,32,37)/b25-16+. The van der Waals surface area contributed by atoms with Crippen molar-refractivity contribution < 1.29 is 9.59 Å². The van der Waals surface area contributed by atoms with Crippen molar-refractivity contribution in [3.8, 4) is 0 Å². The van der Waals surface area contributed by atoms with Crippen LogP contribution in [0.25, 0.3) is 0 Å². The van der Waals surface area contributed by atoms with Crippen LogP contribution in [0.15, 0.2) is 22.0 Å². The van der Waals surface area contributed by atoms with Gasteiger partial charge < -0.3 is 10.2 Å². The smallest absolute Gasteiger partial charge is 0.132 e. The van der Waals surface area contributed by atoms with E-state index in [1.807, 2.05) is 35.0 Å². The molecule has 0 radical (unpaired) electrons. The minimum Gasteiger partial charge on any atom is -0.376 e. The third kappa shape index (κ3) is 11.2. The van der Waals surface area contributed by atoms with E-state index in [1.54, 1.807) is 0 Å². The number of hydrogen-bond donors (Lipinski definition) is 1. The Morgan fingerprint density at radius 1 is 1.00 bits per heavy atom. The minimum atomic E-state index is -0.0868. The average molecular weight is 669 g/mol. The summed E-state index contributed by atoms with van der Waals surface area (Å²) >= 11 is 25.8. The van der Waals surface area contributed by atoms with E-state index in [1.165, 1.54) is 9.81 Å². The lowest BCUT2D eigenvalue weighted by atomic mass is 9.84. The van der Waals surface area contributed by atoms with Crippen molar-refractivity contribution in [2.45, 2.75) is 85.5 Å². The molecule has 226 valence electrons. The summed E-state index contributed by atoms with van der Waals surface area (Å²) < 4.78 is 0. The van der Waals surface area contributed by atoms with Crippen molar-refractivity contribution in [2.24, 2.45) is 22.7 Å². The molecule has 3 aliphatic rings. The third-order valence-corrected chi connectivity index (χ3v) is 11.8. The molecule has 0 aliphatic carbocycles. The Hall–Kier alpha value is -0.520. The molecule has 2 fully saturated rings. The predicted molar refractivity (Wildman–Crippen MR) is 193 cm³/mol. The topological polar surface area (TPSA) is 49.4 Å². The number of ketones is 2. The van der Waals surface area contributed by atoms with Crippen molar-refractivity contribution in [1.82, 2.24) is 10.2 Å². The fourth-order valence-electron chi connectivity index (χ4n) is 5.20. The molecule has 1 N–H and O–H groups in total. The second-order valence-corrected chi connectivity index (χ2v) is 16.8. The third-order valence-electron chi connectivity index (χ3n) is 8.02. The molecule has 2 saturated heterocycles. The van der Waals surface area contributed by atoms with Crippen LogP contribution in [0.3, 0.4) is 0 Å². The number of fused-ring (bicyclic) bond motifs is 1. The van der Waals surface area contributed by atoms with Crippen LogP contribution in [0.2, 0.25) is 0 Å². The Morgan fingerprint density at radius 2 is 1.63 bits per heavy atom. The number of thioether (sulfide) groups is 2. The van der Waals surface area contributed by atoms with E-state index in [4.69, 9.17) is 48.9 Å². The highest BCUT2D eigenvalue weighted by molar-refractivity contribution is 8.03. The van der Waals surface area contributed by atoms with Crippen LogP contribution in [0.4, 0.5) is 0 Å². The summed E-state index contributed by atoms with van der Waals surface area (Å²) in [5.74, 6) is 3.32. The van der Waals surface area contributed by atoms with Gasteiger partial charge in [-0.15, -0.1) is 23.5 Å². The predicted octanol–water partition coefficient (Wildman–Crippen LogP) is 8.07. The summed E-state index contributed by atoms with van der Waals surface area (Å²) in [7, 11) is 0. The van der Waals surface area contributed by atoms with Gasteiger partial charge in [-0.05, 0) is 81.8 Å². The first-order valence-corrected chi connectivity index (χ1v) is 18.3. The fourth-order valence-corrected chi connectivity index (χ4v) is 9.18. The molecule has 0 amide bonds. The number of thiocarbonyl (C=S) groups is 4. The molecule has 0 aromatic rings. The molecule has 41 heavy (non-hydrogen) atoms. The molecule has 3 heterocycles. The Kier molecular flexibility index (Phi) is 13.6. The van der Waals surface area contributed by atoms with E-state index < -0.39 is 0 Å². The van der Waals surface area contributed by atoms with Gasteiger partial charge in [0.05, 0.1) is 9.98 Å². The van der Waals surface area contributed by atoms with Crippen molar-refractivity contribution in [3.63, 3.8) is 0 Å². The number of rotatable bonds is 16. The maximum absolute atomic E-state index is 12.6. The molecule has 0 saturated carbocycles. The van der Waals surface area contributed by atoms with E-state index in [0.717, 1.165) is 58.7 Å².